The first-order valence-electron chi connectivity index (χ1n) is 12.2. The summed E-state index contributed by atoms with van der Waals surface area (Å²) in [5.41, 5.74) is 1.55. The van der Waals surface area contributed by atoms with Gasteiger partial charge in [-0.05, 0) is 46.8 Å². The number of aromatic nitrogens is 4. The third-order valence-electron chi connectivity index (χ3n) is 5.95. The van der Waals surface area contributed by atoms with Gasteiger partial charge in [0, 0.05) is 44.8 Å². The molecule has 1 amide bonds. The number of nitrogens with zero attached hydrogens (tertiary/aromatic N) is 6. The van der Waals surface area contributed by atoms with Gasteiger partial charge in [-0.2, -0.15) is 0 Å². The molecule has 1 aliphatic rings. The molecule has 0 radical (unpaired) electrons. The lowest BCUT2D eigenvalue weighted by Crippen LogP contribution is -2.50. The molecule has 10 nitrogen and oxygen atoms in total. The highest BCUT2D eigenvalue weighted by Crippen LogP contribution is 2.33. The van der Waals surface area contributed by atoms with Gasteiger partial charge < -0.3 is 24.6 Å². The van der Waals surface area contributed by atoms with E-state index in [0.29, 0.717) is 54.0 Å². The summed E-state index contributed by atoms with van der Waals surface area (Å²) in [6.07, 6.45) is -0.962. The summed E-state index contributed by atoms with van der Waals surface area (Å²) in [7, 11) is 0. The van der Waals surface area contributed by atoms with Gasteiger partial charge in [0.2, 0.25) is 0 Å². The Morgan fingerprint density at radius 1 is 1.17 bits per heavy atom. The number of anilines is 1. The van der Waals surface area contributed by atoms with Crippen LogP contribution in [0.25, 0.3) is 22.6 Å². The minimum Gasteiger partial charge on any atom is -0.444 e. The summed E-state index contributed by atoms with van der Waals surface area (Å²) in [6, 6.07) is 7.53. The Morgan fingerprint density at radius 2 is 1.86 bits per heavy atom. The van der Waals surface area contributed by atoms with Gasteiger partial charge >= 0.3 is 6.09 Å². The Labute approximate surface area is 216 Å². The molecule has 194 valence electrons. The molecular weight excluding hydrogens is 482 g/mol. The van der Waals surface area contributed by atoms with Gasteiger partial charge in [-0.25, -0.2) is 19.7 Å². The van der Waals surface area contributed by atoms with E-state index >= 15 is 0 Å². The number of ether oxygens (including phenoxy) is 1. The highest BCUT2D eigenvalue weighted by molar-refractivity contribution is 6.33. The zero-order valence-corrected chi connectivity index (χ0v) is 22.2. The third-order valence-corrected chi connectivity index (χ3v) is 6.28. The third kappa shape index (κ3) is 5.88. The molecule has 0 saturated carbocycles. The van der Waals surface area contributed by atoms with Gasteiger partial charge in [0.25, 0.3) is 0 Å². The summed E-state index contributed by atoms with van der Waals surface area (Å²) in [4.78, 5) is 30.9. The number of aliphatic hydroxyl groups is 1. The van der Waals surface area contributed by atoms with Crippen molar-refractivity contribution in [2.24, 2.45) is 0 Å². The van der Waals surface area contributed by atoms with Crippen LogP contribution < -0.4 is 10.2 Å². The number of piperazine rings is 1. The number of alkyl carbamates (subject to hydrolysis) is 1. The molecule has 1 fully saturated rings. The summed E-state index contributed by atoms with van der Waals surface area (Å²) in [5, 5.41) is 13.3. The molecule has 1 aliphatic heterocycles. The van der Waals surface area contributed by atoms with E-state index in [1.54, 1.807) is 6.92 Å². The summed E-state index contributed by atoms with van der Waals surface area (Å²) in [6.45, 7) is 12.7. The van der Waals surface area contributed by atoms with E-state index in [2.05, 4.69) is 10.2 Å². The Hall–Kier alpha value is -2.95. The predicted molar refractivity (Wildman–Crippen MR) is 140 cm³/mol. The number of carbonyl (C=O) groups excluding carboxylic acids is 1. The molecule has 1 atom stereocenters. The molecule has 4 rings (SSSR count). The first kappa shape index (κ1) is 26.1. The van der Waals surface area contributed by atoms with E-state index in [1.165, 1.54) is 0 Å². The first-order valence-corrected chi connectivity index (χ1v) is 12.5. The number of hydrogen-bond donors (Lipinski definition) is 2. The SMILES string of the molecule is Cc1nc(N2CCN(C(C)O)CC2)c2nc(-c3ccccc3Cl)n(CCNC(=O)OC(C)(C)C)c2n1. The van der Waals surface area contributed by atoms with Crippen LogP contribution in [-0.2, 0) is 11.3 Å². The molecular formula is C25H34ClN7O3. The Bertz CT molecular complexity index is 1230. The Kier molecular flexibility index (Phi) is 7.67. The van der Waals surface area contributed by atoms with Gasteiger partial charge in [0.15, 0.2) is 17.0 Å². The molecule has 1 saturated heterocycles. The van der Waals surface area contributed by atoms with Crippen LogP contribution in [0.4, 0.5) is 10.6 Å². The molecule has 0 spiro atoms. The van der Waals surface area contributed by atoms with Crippen molar-refractivity contribution in [3.8, 4) is 11.4 Å². The van der Waals surface area contributed by atoms with Crippen molar-refractivity contribution < 1.29 is 14.6 Å². The van der Waals surface area contributed by atoms with Crippen LogP contribution in [-0.4, -0.2) is 80.2 Å². The van der Waals surface area contributed by atoms with Crippen LogP contribution >= 0.6 is 11.6 Å². The topological polar surface area (TPSA) is 109 Å². The molecule has 0 bridgehead atoms. The number of amides is 1. The smallest absolute Gasteiger partial charge is 0.407 e. The van der Waals surface area contributed by atoms with Gasteiger partial charge in [0.05, 0.1) is 5.02 Å². The zero-order chi connectivity index (χ0) is 26.0. The van der Waals surface area contributed by atoms with E-state index in [-0.39, 0.29) is 0 Å². The fourth-order valence-electron chi connectivity index (χ4n) is 4.26. The van der Waals surface area contributed by atoms with Crippen LogP contribution in [0, 0.1) is 6.92 Å². The van der Waals surface area contributed by atoms with Crippen molar-refractivity contribution in [1.82, 2.24) is 29.7 Å². The summed E-state index contributed by atoms with van der Waals surface area (Å²) in [5.74, 6) is 2.04. The van der Waals surface area contributed by atoms with Crippen molar-refractivity contribution in [3.05, 3.63) is 35.1 Å². The van der Waals surface area contributed by atoms with Crippen LogP contribution in [0.5, 0.6) is 0 Å². The monoisotopic (exact) mass is 515 g/mol. The lowest BCUT2D eigenvalue weighted by Gasteiger charge is -2.36. The normalized spacial score (nSPS) is 15.8. The number of halogens is 1. The number of rotatable bonds is 6. The largest absolute Gasteiger partial charge is 0.444 e. The minimum absolute atomic E-state index is 0.323. The number of carbonyl (C=O) groups is 1. The fraction of sp³-hybridized carbons (Fsp3) is 0.520. The highest BCUT2D eigenvalue weighted by Gasteiger charge is 2.26. The second-order valence-corrected chi connectivity index (χ2v) is 10.3. The zero-order valence-electron chi connectivity index (χ0n) is 21.5. The number of imidazole rings is 1. The first-order chi connectivity index (χ1) is 17.0. The van der Waals surface area contributed by atoms with Crippen molar-refractivity contribution >= 4 is 34.7 Å². The average molecular weight is 516 g/mol. The molecule has 11 heteroatoms. The quantitative estimate of drug-likeness (QED) is 0.514. The maximum atomic E-state index is 12.2. The van der Waals surface area contributed by atoms with Gasteiger partial charge in [-0.3, -0.25) is 4.90 Å². The van der Waals surface area contributed by atoms with Crippen LogP contribution in [0.1, 0.15) is 33.5 Å². The highest BCUT2D eigenvalue weighted by atomic mass is 35.5. The summed E-state index contributed by atoms with van der Waals surface area (Å²) >= 11 is 6.56. The van der Waals surface area contributed by atoms with E-state index in [1.807, 2.05) is 61.4 Å². The lowest BCUT2D eigenvalue weighted by molar-refractivity contribution is 0.0152. The number of benzene rings is 1. The lowest BCUT2D eigenvalue weighted by atomic mass is 10.2. The molecule has 2 N–H and O–H groups in total. The maximum Gasteiger partial charge on any atom is 0.407 e. The van der Waals surface area contributed by atoms with E-state index in [9.17, 15) is 9.90 Å². The predicted octanol–water partition coefficient (Wildman–Crippen LogP) is 3.44. The van der Waals surface area contributed by atoms with E-state index < -0.39 is 17.9 Å². The number of nitrogens with one attached hydrogen (secondary N) is 1. The van der Waals surface area contributed by atoms with E-state index in [0.717, 1.165) is 24.5 Å². The molecule has 3 heterocycles. The molecule has 2 aromatic heterocycles. The molecule has 36 heavy (non-hydrogen) atoms. The number of aliphatic hydroxyl groups excluding tert-OH is 1. The minimum atomic E-state index is -0.578. The number of hydrogen-bond acceptors (Lipinski definition) is 8. The standard InChI is InChI=1S/C25H34ClN7O3/c1-16-28-22(32-14-12-31(13-15-32)17(2)34)20-23(29-16)33(11-10-27-24(35)36-25(3,4)5)21(30-20)18-8-6-7-9-19(18)26/h6-9,17,34H,10-15H2,1-5H3,(H,27,35). The van der Waals surface area contributed by atoms with E-state index in [4.69, 9.17) is 31.3 Å². The molecule has 1 aromatic carbocycles. The van der Waals surface area contributed by atoms with Crippen LogP contribution in [0.15, 0.2) is 24.3 Å². The maximum absolute atomic E-state index is 12.2. The molecule has 3 aromatic rings. The van der Waals surface area contributed by atoms with Gasteiger partial charge in [-0.1, -0.05) is 23.7 Å². The number of aryl methyl sites for hydroxylation is 1. The fourth-order valence-corrected chi connectivity index (χ4v) is 4.48. The number of fused-ring (bicyclic) bond motifs is 1. The van der Waals surface area contributed by atoms with Crippen LogP contribution in [0.3, 0.4) is 0 Å². The van der Waals surface area contributed by atoms with Crippen molar-refractivity contribution in [1.29, 1.82) is 0 Å². The van der Waals surface area contributed by atoms with Crippen molar-refractivity contribution in [2.75, 3.05) is 37.6 Å². The second-order valence-electron chi connectivity index (χ2n) is 9.92. The van der Waals surface area contributed by atoms with Gasteiger partial charge in [-0.15, -0.1) is 0 Å². The Morgan fingerprint density at radius 3 is 2.50 bits per heavy atom. The second kappa shape index (κ2) is 10.6. The molecule has 1 unspecified atom stereocenters. The van der Waals surface area contributed by atoms with Crippen LogP contribution in [0.2, 0.25) is 5.02 Å². The summed E-state index contributed by atoms with van der Waals surface area (Å²) < 4.78 is 7.34. The van der Waals surface area contributed by atoms with Gasteiger partial charge in [0.1, 0.15) is 23.5 Å². The molecule has 0 aliphatic carbocycles. The Balaban J connectivity index is 1.71. The van der Waals surface area contributed by atoms with Crippen molar-refractivity contribution in [3.63, 3.8) is 0 Å². The van der Waals surface area contributed by atoms with Crippen molar-refractivity contribution in [2.45, 2.75) is 53.0 Å². The average Bonchev–Trinajstić information content (AvgIpc) is 3.15.